The maximum absolute atomic E-state index is 14.5. The van der Waals surface area contributed by atoms with Gasteiger partial charge in [0.2, 0.25) is 0 Å². The zero-order chi connectivity index (χ0) is 22.5. The molecule has 0 N–H and O–H groups in total. The first kappa shape index (κ1) is 26.5. The zero-order valence-electron chi connectivity index (χ0n) is 15.7. The average Bonchev–Trinajstić information content (AvgIpc) is 2.59. The van der Waals surface area contributed by atoms with Crippen LogP contribution in [0.15, 0.2) is 47.4 Å². The molecule has 0 spiro atoms. The van der Waals surface area contributed by atoms with E-state index in [2.05, 4.69) is 4.72 Å². The number of sulfonamides is 1. The molecule has 5 nitrogen and oxygen atoms in total. The smallest absolute Gasteiger partial charge is 0.538 e. The van der Waals surface area contributed by atoms with Crippen LogP contribution in [0, 0.1) is 11.6 Å². The van der Waals surface area contributed by atoms with Gasteiger partial charge in [-0.15, -0.1) is 6.04 Å². The van der Waals surface area contributed by atoms with Crippen molar-refractivity contribution >= 4 is 31.5 Å². The number of nitrogens with zero attached hydrogens (tertiary/aromatic N) is 1. The maximum Gasteiger partial charge on any atom is 1.00 e. The molecule has 31 heavy (non-hydrogen) atoms. The summed E-state index contributed by atoms with van der Waals surface area (Å²) in [5, 5.41) is 0.192. The largest absolute Gasteiger partial charge is 1.00 e. The second kappa shape index (κ2) is 8.88. The molecule has 0 radical (unpaired) electrons. The summed E-state index contributed by atoms with van der Waals surface area (Å²) in [7, 11) is -10.4. The molecule has 0 bridgehead atoms. The van der Waals surface area contributed by atoms with Crippen molar-refractivity contribution in [3.05, 3.63) is 69.4 Å². The monoisotopic (exact) mass is 511 g/mol. The van der Waals surface area contributed by atoms with Gasteiger partial charge in [-0.3, -0.25) is 0 Å². The minimum absolute atomic E-state index is 0. The van der Waals surface area contributed by atoms with E-state index in [-0.39, 0.29) is 39.5 Å². The number of hydrogen-bond donors (Lipinski definition) is 0. The van der Waals surface area contributed by atoms with Crippen molar-refractivity contribution in [1.82, 2.24) is 0 Å². The first-order chi connectivity index (χ1) is 13.7. The summed E-state index contributed by atoms with van der Waals surface area (Å²) in [5.74, 6) is -2.08. The molecule has 0 aromatic heterocycles. The van der Waals surface area contributed by atoms with Gasteiger partial charge in [0.05, 0.1) is 4.90 Å². The minimum atomic E-state index is -5.88. The first-order valence-electron chi connectivity index (χ1n) is 8.19. The summed E-state index contributed by atoms with van der Waals surface area (Å²) in [6.07, 6.45) is -1.57. The average molecular weight is 512 g/mol. The summed E-state index contributed by atoms with van der Waals surface area (Å²) in [6, 6.07) is 5.15. The molecular weight excluding hydrogens is 500 g/mol. The Morgan fingerprint density at radius 2 is 1.52 bits per heavy atom. The van der Waals surface area contributed by atoms with Gasteiger partial charge in [0.1, 0.15) is 16.4 Å². The Morgan fingerprint density at radius 3 is 2.03 bits per heavy atom. The second-order valence-corrected chi connectivity index (χ2v) is 11.0. The van der Waals surface area contributed by atoms with E-state index in [4.69, 9.17) is 11.6 Å². The molecule has 0 saturated heterocycles. The van der Waals surface area contributed by atoms with Crippen molar-refractivity contribution in [3.63, 3.8) is 0 Å². The number of alkyl halides is 3. The van der Waals surface area contributed by atoms with Gasteiger partial charge >= 0.3 is 35.1 Å². The molecule has 1 aliphatic carbocycles. The number of hydrogen-bond acceptors (Lipinski definition) is 4. The molecule has 2 aromatic rings. The van der Waals surface area contributed by atoms with Gasteiger partial charge in [-0.1, -0.05) is 11.6 Å². The molecule has 164 valence electrons. The molecular formula is C17H12ClF5NNaO4S2. The number of rotatable bonds is 5. The molecule has 1 aliphatic rings. The van der Waals surface area contributed by atoms with Crippen molar-refractivity contribution in [2.75, 3.05) is 0 Å². The predicted octanol–water partition coefficient (Wildman–Crippen LogP) is 1.68. The van der Waals surface area contributed by atoms with Crippen molar-refractivity contribution < 1.29 is 68.3 Å². The topological polar surface area (TPSA) is 82.4 Å². The van der Waals surface area contributed by atoms with Crippen LogP contribution in [-0.2, 0) is 24.6 Å². The Bertz CT molecular complexity index is 1180. The van der Waals surface area contributed by atoms with Crippen LogP contribution >= 0.6 is 11.6 Å². The van der Waals surface area contributed by atoms with E-state index < -0.39 is 66.2 Å². The van der Waals surface area contributed by atoms with Crippen LogP contribution in [0.3, 0.4) is 0 Å². The summed E-state index contributed by atoms with van der Waals surface area (Å²) >= 11 is 5.73. The number of sulfone groups is 1. The Kier molecular flexibility index (Phi) is 7.59. The van der Waals surface area contributed by atoms with Crippen molar-refractivity contribution in [2.24, 2.45) is 0 Å². The van der Waals surface area contributed by atoms with Crippen LogP contribution in [0.4, 0.5) is 22.0 Å². The van der Waals surface area contributed by atoms with Crippen LogP contribution in [0.1, 0.15) is 18.4 Å². The van der Waals surface area contributed by atoms with Crippen LogP contribution in [0.2, 0.25) is 5.02 Å². The standard InChI is InChI=1S/C17H12ClF5NO4S2.Na/c18-10-1-4-13(5-2-10)29(25,26)16(14-7-11(19)3-6-15(14)20)8-12(9-16)24-30(27,28)17(21,22)23;/h1-7,12H,8-9H2;/q-1;+1/t12-,16-;. The number of benzene rings is 2. The normalized spacial score (nSPS) is 21.8. The number of halogens is 6. The van der Waals surface area contributed by atoms with E-state index in [1.165, 1.54) is 12.1 Å². The van der Waals surface area contributed by atoms with Gasteiger partial charge in [-0.25, -0.2) is 25.6 Å². The molecule has 14 heteroatoms. The van der Waals surface area contributed by atoms with Crippen molar-refractivity contribution in [2.45, 2.75) is 34.0 Å². The molecule has 1 saturated carbocycles. The van der Waals surface area contributed by atoms with Gasteiger partial charge in [0.25, 0.3) is 0 Å². The van der Waals surface area contributed by atoms with Gasteiger partial charge in [-0.05, 0) is 55.3 Å². The first-order valence-corrected chi connectivity index (χ1v) is 11.5. The van der Waals surface area contributed by atoms with Crippen LogP contribution in [0.25, 0.3) is 4.72 Å². The van der Waals surface area contributed by atoms with Crippen LogP contribution in [0.5, 0.6) is 0 Å². The van der Waals surface area contributed by atoms with Gasteiger partial charge < -0.3 is 4.72 Å². The van der Waals surface area contributed by atoms with Gasteiger partial charge in [-0.2, -0.15) is 13.2 Å². The molecule has 1 fully saturated rings. The molecule has 0 aliphatic heterocycles. The zero-order valence-corrected chi connectivity index (χ0v) is 20.1. The molecule has 0 unspecified atom stereocenters. The fourth-order valence-electron chi connectivity index (χ4n) is 3.30. The van der Waals surface area contributed by atoms with E-state index >= 15 is 0 Å². The maximum atomic E-state index is 14.5. The van der Waals surface area contributed by atoms with E-state index in [1.54, 1.807) is 0 Å². The van der Waals surface area contributed by atoms with Gasteiger partial charge in [0.15, 0.2) is 19.9 Å². The third-order valence-electron chi connectivity index (χ3n) is 4.77. The molecule has 0 amide bonds. The summed E-state index contributed by atoms with van der Waals surface area (Å²) < 4.78 is 116. The molecule has 0 atom stereocenters. The molecule has 2 aromatic carbocycles. The van der Waals surface area contributed by atoms with Crippen LogP contribution in [-0.4, -0.2) is 28.4 Å². The Labute approximate surface area is 202 Å². The predicted molar refractivity (Wildman–Crippen MR) is 98.0 cm³/mol. The third-order valence-corrected chi connectivity index (χ3v) is 8.66. The van der Waals surface area contributed by atoms with E-state index in [0.717, 1.165) is 18.2 Å². The van der Waals surface area contributed by atoms with E-state index in [1.807, 2.05) is 0 Å². The quantitative estimate of drug-likeness (QED) is 0.452. The van der Waals surface area contributed by atoms with Gasteiger partial charge in [0, 0.05) is 10.6 Å². The Balaban J connectivity index is 0.00000341. The Hall–Kier alpha value is -0.760. The van der Waals surface area contributed by atoms with Crippen molar-refractivity contribution in [1.29, 1.82) is 0 Å². The van der Waals surface area contributed by atoms with Crippen LogP contribution < -0.4 is 29.6 Å². The van der Waals surface area contributed by atoms with E-state index in [9.17, 15) is 38.8 Å². The SMILES string of the molecule is O=S(=O)([N-][C@H]1C[C@](c2cc(F)ccc2F)(S(=O)(=O)c2ccc(Cl)cc2)C1)C(F)(F)F.[Na+]. The second-order valence-electron chi connectivity index (χ2n) is 6.66. The molecule has 3 rings (SSSR count). The summed E-state index contributed by atoms with van der Waals surface area (Å²) in [5.41, 5.74) is -6.28. The third kappa shape index (κ3) is 4.80. The fraction of sp³-hybridized carbons (Fsp3) is 0.294. The fourth-order valence-corrected chi connectivity index (χ4v) is 6.30. The summed E-state index contributed by atoms with van der Waals surface area (Å²) in [4.78, 5) is -0.340. The Morgan fingerprint density at radius 1 is 0.968 bits per heavy atom. The van der Waals surface area contributed by atoms with E-state index in [0.29, 0.717) is 12.1 Å². The summed E-state index contributed by atoms with van der Waals surface area (Å²) in [6.45, 7) is 0. The minimum Gasteiger partial charge on any atom is -0.538 e. The van der Waals surface area contributed by atoms with Crippen molar-refractivity contribution in [3.8, 4) is 0 Å². The molecule has 0 heterocycles.